The third-order valence-electron chi connectivity index (χ3n) is 2.89. The summed E-state index contributed by atoms with van der Waals surface area (Å²) in [7, 11) is -2.71. The third-order valence-corrected chi connectivity index (χ3v) is 5.66. The zero-order chi connectivity index (χ0) is 11.4. The van der Waals surface area contributed by atoms with Gasteiger partial charge in [0.15, 0.2) is 9.84 Å². The fourth-order valence-corrected chi connectivity index (χ4v) is 4.58. The fraction of sp³-hybridized carbons (Fsp3) is 0.636. The number of sulfone groups is 1. The lowest BCUT2D eigenvalue weighted by atomic mass is 10.1. The minimum atomic E-state index is -2.71. The van der Waals surface area contributed by atoms with E-state index in [0.717, 1.165) is 25.9 Å². The monoisotopic (exact) mass is 259 g/mol. The van der Waals surface area contributed by atoms with Gasteiger partial charge in [0.1, 0.15) is 0 Å². The Morgan fingerprint density at radius 1 is 1.50 bits per heavy atom. The van der Waals surface area contributed by atoms with Crippen LogP contribution in [0.25, 0.3) is 0 Å². The van der Waals surface area contributed by atoms with Gasteiger partial charge in [-0.2, -0.15) is 0 Å². The zero-order valence-electron chi connectivity index (χ0n) is 9.19. The summed E-state index contributed by atoms with van der Waals surface area (Å²) >= 11 is 1.77. The number of nitrogens with one attached hydrogen (secondary N) is 1. The summed E-state index contributed by atoms with van der Waals surface area (Å²) in [5, 5.41) is 5.43. The van der Waals surface area contributed by atoms with Crippen molar-refractivity contribution in [2.75, 3.05) is 24.6 Å². The molecule has 1 N–H and O–H groups in total. The van der Waals surface area contributed by atoms with E-state index in [4.69, 9.17) is 0 Å². The van der Waals surface area contributed by atoms with Gasteiger partial charge in [-0.3, -0.25) is 0 Å². The zero-order valence-corrected chi connectivity index (χ0v) is 10.8. The molecule has 1 aromatic rings. The molecule has 0 spiro atoms. The van der Waals surface area contributed by atoms with E-state index in [-0.39, 0.29) is 0 Å². The Bertz CT molecular complexity index is 411. The molecule has 1 aliphatic rings. The summed E-state index contributed by atoms with van der Waals surface area (Å²) in [6.07, 6.45) is 1.87. The highest BCUT2D eigenvalue weighted by Gasteiger charge is 2.27. The van der Waals surface area contributed by atoms with E-state index in [9.17, 15) is 8.42 Å². The molecule has 5 heteroatoms. The molecule has 1 aliphatic heterocycles. The molecule has 1 fully saturated rings. The first-order chi connectivity index (χ1) is 7.66. The Balaban J connectivity index is 1.62. The molecule has 0 aliphatic carbocycles. The van der Waals surface area contributed by atoms with Crippen molar-refractivity contribution < 1.29 is 8.42 Å². The number of rotatable bonds is 5. The lowest BCUT2D eigenvalue weighted by molar-refractivity contribution is 0.524. The molecule has 90 valence electrons. The Kier molecular flexibility index (Phi) is 4.00. The van der Waals surface area contributed by atoms with Crippen LogP contribution in [0.1, 0.15) is 11.3 Å². The SMILES string of the molecule is O=S1(=O)CCC(CNCCc2cccs2)C1. The molecule has 1 aromatic heterocycles. The van der Waals surface area contributed by atoms with E-state index in [1.54, 1.807) is 11.3 Å². The fourth-order valence-electron chi connectivity index (χ4n) is 2.01. The maximum atomic E-state index is 11.2. The molecule has 1 atom stereocenters. The maximum Gasteiger partial charge on any atom is 0.150 e. The third kappa shape index (κ3) is 3.57. The van der Waals surface area contributed by atoms with Crippen LogP contribution >= 0.6 is 11.3 Å². The maximum absolute atomic E-state index is 11.2. The van der Waals surface area contributed by atoms with Gasteiger partial charge in [-0.1, -0.05) is 6.07 Å². The quantitative estimate of drug-likeness (QED) is 0.811. The predicted molar refractivity (Wildman–Crippen MR) is 67.7 cm³/mol. The van der Waals surface area contributed by atoms with E-state index < -0.39 is 9.84 Å². The number of thiophene rings is 1. The first-order valence-electron chi connectivity index (χ1n) is 5.59. The molecule has 0 radical (unpaired) electrons. The minimum absolute atomic E-state index is 0.327. The second kappa shape index (κ2) is 5.29. The molecule has 0 amide bonds. The number of hydrogen-bond donors (Lipinski definition) is 1. The van der Waals surface area contributed by atoms with E-state index in [0.29, 0.717) is 17.4 Å². The van der Waals surface area contributed by atoms with Crippen molar-refractivity contribution in [3.8, 4) is 0 Å². The molecule has 16 heavy (non-hydrogen) atoms. The summed E-state index contributed by atoms with van der Waals surface area (Å²) in [5.41, 5.74) is 0. The van der Waals surface area contributed by atoms with Gasteiger partial charge in [0.05, 0.1) is 11.5 Å². The summed E-state index contributed by atoms with van der Waals surface area (Å²) in [5.74, 6) is 1.08. The van der Waals surface area contributed by atoms with Gasteiger partial charge >= 0.3 is 0 Å². The van der Waals surface area contributed by atoms with E-state index >= 15 is 0 Å². The van der Waals surface area contributed by atoms with Crippen LogP contribution < -0.4 is 5.32 Å². The van der Waals surface area contributed by atoms with Gasteiger partial charge in [-0.05, 0) is 43.3 Å². The van der Waals surface area contributed by atoms with E-state index in [1.807, 2.05) is 0 Å². The lowest BCUT2D eigenvalue weighted by Crippen LogP contribution is -2.25. The van der Waals surface area contributed by atoms with Crippen molar-refractivity contribution in [1.82, 2.24) is 5.32 Å². The normalized spacial score (nSPS) is 23.6. The lowest BCUT2D eigenvalue weighted by Gasteiger charge is -2.08. The molecule has 1 saturated heterocycles. The van der Waals surface area contributed by atoms with Crippen LogP contribution in [0.3, 0.4) is 0 Å². The molecule has 0 saturated carbocycles. The molecular formula is C11H17NO2S2. The highest BCUT2D eigenvalue weighted by Crippen LogP contribution is 2.17. The Morgan fingerprint density at radius 3 is 3.00 bits per heavy atom. The van der Waals surface area contributed by atoms with Crippen molar-refractivity contribution in [2.24, 2.45) is 5.92 Å². The highest BCUT2D eigenvalue weighted by molar-refractivity contribution is 7.91. The molecule has 2 rings (SSSR count). The van der Waals surface area contributed by atoms with Gasteiger partial charge < -0.3 is 5.32 Å². The van der Waals surface area contributed by atoms with Crippen LogP contribution in [-0.2, 0) is 16.3 Å². The Hall–Kier alpha value is -0.390. The van der Waals surface area contributed by atoms with Gasteiger partial charge in [0, 0.05) is 4.88 Å². The first-order valence-corrected chi connectivity index (χ1v) is 8.29. The Morgan fingerprint density at radius 2 is 2.38 bits per heavy atom. The average Bonchev–Trinajstić information content (AvgIpc) is 2.82. The summed E-state index contributed by atoms with van der Waals surface area (Å²) in [6.45, 7) is 1.78. The van der Waals surface area contributed by atoms with Gasteiger partial charge in [-0.15, -0.1) is 11.3 Å². The number of hydrogen-bond acceptors (Lipinski definition) is 4. The van der Waals surface area contributed by atoms with Crippen LogP contribution in [0.4, 0.5) is 0 Å². The topological polar surface area (TPSA) is 46.2 Å². The molecule has 0 aromatic carbocycles. The molecule has 3 nitrogen and oxygen atoms in total. The minimum Gasteiger partial charge on any atom is -0.316 e. The predicted octanol–water partition coefficient (Wildman–Crippen LogP) is 1.31. The summed E-state index contributed by atoms with van der Waals surface area (Å²) < 4.78 is 22.5. The smallest absolute Gasteiger partial charge is 0.150 e. The van der Waals surface area contributed by atoms with Gasteiger partial charge in [-0.25, -0.2) is 8.42 Å². The molecular weight excluding hydrogens is 242 g/mol. The first kappa shape index (κ1) is 12.1. The van der Waals surface area contributed by atoms with Crippen molar-refractivity contribution >= 4 is 21.2 Å². The molecule has 2 heterocycles. The van der Waals surface area contributed by atoms with E-state index in [1.165, 1.54) is 4.88 Å². The summed E-state index contributed by atoms with van der Waals surface area (Å²) in [6, 6.07) is 4.19. The van der Waals surface area contributed by atoms with Crippen molar-refractivity contribution in [1.29, 1.82) is 0 Å². The van der Waals surface area contributed by atoms with Crippen LogP contribution in [-0.4, -0.2) is 33.0 Å². The average molecular weight is 259 g/mol. The Labute approximate surface area is 101 Å². The summed E-state index contributed by atoms with van der Waals surface area (Å²) in [4.78, 5) is 1.38. The van der Waals surface area contributed by atoms with Crippen molar-refractivity contribution in [3.63, 3.8) is 0 Å². The van der Waals surface area contributed by atoms with Crippen LogP contribution in [0.2, 0.25) is 0 Å². The van der Waals surface area contributed by atoms with Crippen LogP contribution in [0.15, 0.2) is 17.5 Å². The van der Waals surface area contributed by atoms with Crippen LogP contribution in [0, 0.1) is 5.92 Å². The van der Waals surface area contributed by atoms with Crippen molar-refractivity contribution in [3.05, 3.63) is 22.4 Å². The standard InChI is InChI=1S/C11H17NO2S2/c13-16(14)7-4-10(9-16)8-12-5-3-11-2-1-6-15-11/h1-2,6,10,12H,3-5,7-9H2. The van der Waals surface area contributed by atoms with E-state index in [2.05, 4.69) is 22.8 Å². The molecule has 1 unspecified atom stereocenters. The second-order valence-electron chi connectivity index (χ2n) is 4.30. The van der Waals surface area contributed by atoms with Crippen molar-refractivity contribution in [2.45, 2.75) is 12.8 Å². The van der Waals surface area contributed by atoms with Gasteiger partial charge in [0.25, 0.3) is 0 Å². The highest BCUT2D eigenvalue weighted by atomic mass is 32.2. The second-order valence-corrected chi connectivity index (χ2v) is 7.56. The van der Waals surface area contributed by atoms with Gasteiger partial charge in [0.2, 0.25) is 0 Å². The largest absolute Gasteiger partial charge is 0.316 e. The molecule has 0 bridgehead atoms. The van der Waals surface area contributed by atoms with Crippen LogP contribution in [0.5, 0.6) is 0 Å².